The summed E-state index contributed by atoms with van der Waals surface area (Å²) in [7, 11) is -3.28. The van der Waals surface area contributed by atoms with Crippen LogP contribution in [0.4, 0.5) is 5.13 Å². The molecule has 0 saturated heterocycles. The molecule has 0 unspecified atom stereocenters. The van der Waals surface area contributed by atoms with Crippen LogP contribution < -0.4 is 10.6 Å². The average molecular weight is 395 g/mol. The second-order valence-corrected chi connectivity index (χ2v) is 9.91. The Morgan fingerprint density at radius 1 is 1.42 bits per heavy atom. The number of carbonyl (C=O) groups is 1. The van der Waals surface area contributed by atoms with E-state index in [-0.39, 0.29) is 29.0 Å². The van der Waals surface area contributed by atoms with Crippen LogP contribution >= 0.6 is 11.3 Å². The third kappa shape index (κ3) is 3.94. The molecular weight excluding hydrogens is 372 g/mol. The Hall–Kier alpha value is -1.84. The van der Waals surface area contributed by atoms with Crippen LogP contribution in [-0.2, 0) is 27.6 Å². The molecule has 9 heteroatoms. The van der Waals surface area contributed by atoms with Crippen molar-refractivity contribution in [2.75, 3.05) is 11.1 Å². The van der Waals surface area contributed by atoms with Gasteiger partial charge in [-0.1, -0.05) is 20.8 Å². The maximum atomic E-state index is 12.2. The summed E-state index contributed by atoms with van der Waals surface area (Å²) in [6.07, 6.45) is 1.38. The largest absolute Gasteiger partial charge is 0.303 e. The molecule has 1 atom stereocenters. The fourth-order valence-electron chi connectivity index (χ4n) is 2.83. The molecule has 3 rings (SSSR count). The minimum absolute atomic E-state index is 0.0233. The normalized spacial score (nSPS) is 16.7. The van der Waals surface area contributed by atoms with Gasteiger partial charge >= 0.3 is 0 Å². The van der Waals surface area contributed by atoms with E-state index in [4.69, 9.17) is 0 Å². The molecule has 1 aliphatic rings. The Bertz CT molecular complexity index is 905. The average Bonchev–Trinajstić information content (AvgIpc) is 3.14. The molecular formula is C17H22N4O3S2. The lowest BCUT2D eigenvalue weighted by atomic mass is 10.0. The monoisotopic (exact) mass is 394 g/mol. The van der Waals surface area contributed by atoms with Crippen molar-refractivity contribution in [2.45, 2.75) is 44.7 Å². The first-order valence-electron chi connectivity index (χ1n) is 8.50. The number of amides is 1. The second kappa shape index (κ2) is 7.42. The van der Waals surface area contributed by atoms with Gasteiger partial charge in [-0.05, 0) is 18.1 Å². The molecule has 0 saturated carbocycles. The summed E-state index contributed by atoms with van der Waals surface area (Å²) < 4.78 is 23.6. The van der Waals surface area contributed by atoms with Gasteiger partial charge in [-0.2, -0.15) is 0 Å². The topological polar surface area (TPSA) is 101 Å². The lowest BCUT2D eigenvalue weighted by molar-refractivity contribution is -0.115. The molecule has 0 fully saturated rings. The smallest absolute Gasteiger partial charge is 0.232 e. The van der Waals surface area contributed by atoms with Crippen molar-refractivity contribution in [3.05, 3.63) is 34.6 Å². The predicted octanol–water partition coefficient (Wildman–Crippen LogP) is 2.31. The fourth-order valence-corrected chi connectivity index (χ4v) is 4.63. The van der Waals surface area contributed by atoms with Crippen LogP contribution in [0.5, 0.6) is 0 Å². The first kappa shape index (κ1) is 18.9. The molecule has 7 nitrogen and oxygen atoms in total. The number of hydrogen-bond donors (Lipinski definition) is 2. The quantitative estimate of drug-likeness (QED) is 0.780. The number of rotatable bonds is 6. The van der Waals surface area contributed by atoms with Crippen LogP contribution in [0, 0.1) is 5.92 Å². The molecule has 2 N–H and O–H groups in total. The Balaban J connectivity index is 1.64. The van der Waals surface area contributed by atoms with Gasteiger partial charge in [0.05, 0.1) is 28.8 Å². The summed E-state index contributed by atoms with van der Waals surface area (Å²) in [5.74, 6) is 0.240. The van der Waals surface area contributed by atoms with E-state index < -0.39 is 9.84 Å². The third-order valence-electron chi connectivity index (χ3n) is 4.30. The van der Waals surface area contributed by atoms with Crippen molar-refractivity contribution < 1.29 is 13.2 Å². The number of carbonyl (C=O) groups excluding carboxylic acids is 1. The summed E-state index contributed by atoms with van der Waals surface area (Å²) >= 11 is 1.49. The number of anilines is 1. The van der Waals surface area contributed by atoms with Crippen LogP contribution in [0.2, 0.25) is 0 Å². The highest BCUT2D eigenvalue weighted by molar-refractivity contribution is 7.91. The van der Waals surface area contributed by atoms with Crippen LogP contribution in [0.25, 0.3) is 0 Å². The second-order valence-electron chi connectivity index (χ2n) is 6.54. The summed E-state index contributed by atoms with van der Waals surface area (Å²) in [5, 5.41) is 6.83. The number of thiazole rings is 1. The highest BCUT2D eigenvalue weighted by Gasteiger charge is 2.29. The lowest BCUT2D eigenvalue weighted by Crippen LogP contribution is -2.19. The van der Waals surface area contributed by atoms with Crippen molar-refractivity contribution in [2.24, 2.45) is 5.92 Å². The van der Waals surface area contributed by atoms with Gasteiger partial charge in [0, 0.05) is 23.3 Å². The van der Waals surface area contributed by atoms with E-state index in [1.807, 2.05) is 0 Å². The molecule has 2 aromatic heterocycles. The van der Waals surface area contributed by atoms with Gasteiger partial charge in [0.2, 0.25) is 5.91 Å². The van der Waals surface area contributed by atoms with Crippen molar-refractivity contribution in [3.8, 4) is 0 Å². The van der Waals surface area contributed by atoms with E-state index in [0.29, 0.717) is 16.7 Å². The molecule has 1 aliphatic heterocycles. The highest BCUT2D eigenvalue weighted by atomic mass is 32.2. The lowest BCUT2D eigenvalue weighted by Gasteiger charge is -2.14. The van der Waals surface area contributed by atoms with Gasteiger partial charge in [0.1, 0.15) is 0 Å². The first-order valence-corrected chi connectivity index (χ1v) is 11.0. The number of fused-ring (bicyclic) bond motifs is 1. The molecule has 0 aromatic carbocycles. The van der Waals surface area contributed by atoms with E-state index in [1.54, 1.807) is 13.0 Å². The van der Waals surface area contributed by atoms with Crippen LogP contribution in [0.3, 0.4) is 0 Å². The zero-order valence-electron chi connectivity index (χ0n) is 14.9. The number of nitrogens with one attached hydrogen (secondary N) is 2. The fraction of sp³-hybridized carbons (Fsp3) is 0.471. The zero-order chi connectivity index (χ0) is 18.9. The number of hydrogen-bond acceptors (Lipinski definition) is 7. The standard InChI is InChI=1S/C17H22N4O3S2/c1-4-26(23,24)12-6-5-11(18-8-12)7-14(22)20-17-21-16-13(25-17)9-19-15(16)10(2)3/h5-6,8,10,15,19H,4,7,9H2,1-3H3,(H,20,21,22)/t15-/m0/s1. The Morgan fingerprint density at radius 2 is 2.19 bits per heavy atom. The number of pyridine rings is 1. The van der Waals surface area contributed by atoms with E-state index >= 15 is 0 Å². The molecule has 26 heavy (non-hydrogen) atoms. The van der Waals surface area contributed by atoms with Gasteiger partial charge in [0.25, 0.3) is 0 Å². The van der Waals surface area contributed by atoms with E-state index in [9.17, 15) is 13.2 Å². The van der Waals surface area contributed by atoms with Crippen molar-refractivity contribution in [3.63, 3.8) is 0 Å². The minimum atomic E-state index is -3.28. The highest BCUT2D eigenvalue weighted by Crippen LogP contribution is 2.35. The van der Waals surface area contributed by atoms with Crippen LogP contribution in [0.15, 0.2) is 23.2 Å². The Labute approximate surface area is 157 Å². The SMILES string of the molecule is CCS(=O)(=O)c1ccc(CC(=O)Nc2nc3c(s2)CN[C@H]3C(C)C)nc1. The molecule has 0 aliphatic carbocycles. The predicted molar refractivity (Wildman–Crippen MR) is 101 cm³/mol. The number of aromatic nitrogens is 2. The Kier molecular flexibility index (Phi) is 5.40. The molecule has 0 bridgehead atoms. The zero-order valence-corrected chi connectivity index (χ0v) is 16.6. The number of sulfone groups is 1. The van der Waals surface area contributed by atoms with Gasteiger partial charge in [-0.25, -0.2) is 13.4 Å². The summed E-state index contributed by atoms with van der Waals surface area (Å²) in [6.45, 7) is 6.64. The van der Waals surface area contributed by atoms with Crippen LogP contribution in [0.1, 0.15) is 43.1 Å². The van der Waals surface area contributed by atoms with E-state index in [1.165, 1.54) is 23.6 Å². The van der Waals surface area contributed by atoms with Gasteiger partial charge < -0.3 is 10.6 Å². The van der Waals surface area contributed by atoms with Gasteiger partial charge in [-0.15, -0.1) is 11.3 Å². The van der Waals surface area contributed by atoms with E-state index in [0.717, 1.165) is 17.1 Å². The maximum absolute atomic E-state index is 12.2. The molecule has 140 valence electrons. The number of nitrogens with zero attached hydrogens (tertiary/aromatic N) is 2. The van der Waals surface area contributed by atoms with Crippen molar-refractivity contribution >= 4 is 32.2 Å². The first-order chi connectivity index (χ1) is 12.3. The third-order valence-corrected chi connectivity index (χ3v) is 7.00. The van der Waals surface area contributed by atoms with Gasteiger partial charge in [0.15, 0.2) is 15.0 Å². The van der Waals surface area contributed by atoms with Gasteiger partial charge in [-0.3, -0.25) is 9.78 Å². The summed E-state index contributed by atoms with van der Waals surface area (Å²) in [5.41, 5.74) is 1.54. The van der Waals surface area contributed by atoms with E-state index in [2.05, 4.69) is 34.4 Å². The molecule has 1 amide bonds. The van der Waals surface area contributed by atoms with Crippen molar-refractivity contribution in [1.29, 1.82) is 0 Å². The molecule has 0 radical (unpaired) electrons. The maximum Gasteiger partial charge on any atom is 0.232 e. The van der Waals surface area contributed by atoms with Crippen molar-refractivity contribution in [1.82, 2.24) is 15.3 Å². The van der Waals surface area contributed by atoms with Crippen LogP contribution in [-0.4, -0.2) is 30.0 Å². The molecule has 3 heterocycles. The molecule has 2 aromatic rings. The summed E-state index contributed by atoms with van der Waals surface area (Å²) in [6, 6.07) is 3.29. The summed E-state index contributed by atoms with van der Waals surface area (Å²) in [4.78, 5) is 22.2. The molecule has 0 spiro atoms. The minimum Gasteiger partial charge on any atom is -0.303 e. The Morgan fingerprint density at radius 3 is 2.81 bits per heavy atom.